The minimum atomic E-state index is -0.461. The number of carbonyl (C=O) groups is 1. The Bertz CT molecular complexity index is 764. The SMILES string of the molecule is O=C(Nc1ccc(F)cc1Cl)c1cc2ccccc2o1. The van der Waals surface area contributed by atoms with Crippen LogP contribution in [0, 0.1) is 5.82 Å². The third-order valence-electron chi connectivity index (χ3n) is 2.83. The van der Waals surface area contributed by atoms with Gasteiger partial charge in [-0.1, -0.05) is 29.8 Å². The molecule has 3 aromatic rings. The highest BCUT2D eigenvalue weighted by atomic mass is 35.5. The maximum absolute atomic E-state index is 12.9. The molecule has 0 unspecified atom stereocenters. The summed E-state index contributed by atoms with van der Waals surface area (Å²) in [6.45, 7) is 0. The largest absolute Gasteiger partial charge is 0.451 e. The molecule has 5 heteroatoms. The molecule has 100 valence electrons. The van der Waals surface area contributed by atoms with E-state index in [1.54, 1.807) is 12.1 Å². The molecule has 2 aromatic carbocycles. The summed E-state index contributed by atoms with van der Waals surface area (Å²) in [4.78, 5) is 12.1. The fourth-order valence-corrected chi connectivity index (χ4v) is 2.08. The van der Waals surface area contributed by atoms with Crippen LogP contribution < -0.4 is 5.32 Å². The van der Waals surface area contributed by atoms with Crippen LogP contribution in [0.5, 0.6) is 0 Å². The van der Waals surface area contributed by atoms with Gasteiger partial charge in [-0.15, -0.1) is 0 Å². The number of anilines is 1. The Morgan fingerprint density at radius 3 is 2.70 bits per heavy atom. The number of furan rings is 1. The lowest BCUT2D eigenvalue weighted by atomic mass is 10.2. The Hall–Kier alpha value is -2.33. The van der Waals surface area contributed by atoms with Gasteiger partial charge >= 0.3 is 0 Å². The minimum absolute atomic E-state index is 0.134. The summed E-state index contributed by atoms with van der Waals surface area (Å²) in [6, 6.07) is 12.7. The molecule has 1 N–H and O–H groups in total. The Labute approximate surface area is 119 Å². The highest BCUT2D eigenvalue weighted by Gasteiger charge is 2.13. The number of hydrogen-bond donors (Lipinski definition) is 1. The highest BCUT2D eigenvalue weighted by Crippen LogP contribution is 2.24. The summed E-state index contributed by atoms with van der Waals surface area (Å²) in [5.74, 6) is -0.724. The van der Waals surface area contributed by atoms with Gasteiger partial charge in [0.05, 0.1) is 10.7 Å². The molecule has 0 aliphatic heterocycles. The summed E-state index contributed by atoms with van der Waals surface area (Å²) in [5.41, 5.74) is 0.960. The molecule has 0 bridgehead atoms. The van der Waals surface area contributed by atoms with E-state index in [0.29, 0.717) is 11.3 Å². The first kappa shape index (κ1) is 12.7. The average Bonchev–Trinajstić information content (AvgIpc) is 2.86. The number of carbonyl (C=O) groups excluding carboxylic acids is 1. The second-order valence-electron chi connectivity index (χ2n) is 4.23. The fourth-order valence-electron chi connectivity index (χ4n) is 1.87. The number of rotatable bonds is 2. The molecule has 0 spiro atoms. The van der Waals surface area contributed by atoms with Crippen molar-refractivity contribution in [1.29, 1.82) is 0 Å². The lowest BCUT2D eigenvalue weighted by molar-refractivity contribution is 0.0998. The van der Waals surface area contributed by atoms with E-state index in [2.05, 4.69) is 5.32 Å². The first-order valence-corrected chi connectivity index (χ1v) is 6.26. The van der Waals surface area contributed by atoms with Crippen LogP contribution in [0.1, 0.15) is 10.6 Å². The second kappa shape index (κ2) is 4.98. The van der Waals surface area contributed by atoms with Crippen molar-refractivity contribution in [3.05, 3.63) is 65.1 Å². The molecule has 0 fully saturated rings. The topological polar surface area (TPSA) is 42.2 Å². The van der Waals surface area contributed by atoms with Crippen molar-refractivity contribution in [2.45, 2.75) is 0 Å². The molecule has 0 aliphatic rings. The van der Waals surface area contributed by atoms with Gasteiger partial charge in [0, 0.05) is 5.39 Å². The standard InChI is InChI=1S/C15H9ClFNO2/c16-11-8-10(17)5-6-12(11)18-15(19)14-7-9-3-1-2-4-13(9)20-14/h1-8H,(H,18,19). The van der Waals surface area contributed by atoms with Gasteiger partial charge in [-0.25, -0.2) is 4.39 Å². The van der Waals surface area contributed by atoms with Crippen molar-refractivity contribution in [1.82, 2.24) is 0 Å². The van der Waals surface area contributed by atoms with Gasteiger partial charge < -0.3 is 9.73 Å². The van der Waals surface area contributed by atoms with Crippen molar-refractivity contribution in [2.24, 2.45) is 0 Å². The minimum Gasteiger partial charge on any atom is -0.451 e. The van der Waals surface area contributed by atoms with Crippen molar-refractivity contribution in [2.75, 3.05) is 5.32 Å². The van der Waals surface area contributed by atoms with Crippen LogP contribution in [0.4, 0.5) is 10.1 Å². The van der Waals surface area contributed by atoms with Crippen LogP contribution in [-0.4, -0.2) is 5.91 Å². The predicted molar refractivity (Wildman–Crippen MR) is 75.6 cm³/mol. The maximum atomic E-state index is 12.9. The molecule has 0 radical (unpaired) electrons. The Morgan fingerprint density at radius 2 is 1.95 bits per heavy atom. The lowest BCUT2D eigenvalue weighted by Crippen LogP contribution is -2.11. The predicted octanol–water partition coefficient (Wildman–Crippen LogP) is 4.48. The van der Waals surface area contributed by atoms with E-state index in [4.69, 9.17) is 16.0 Å². The Kier molecular flexibility index (Phi) is 3.16. The van der Waals surface area contributed by atoms with E-state index in [9.17, 15) is 9.18 Å². The molecule has 3 nitrogen and oxygen atoms in total. The third-order valence-corrected chi connectivity index (χ3v) is 3.14. The average molecular weight is 290 g/mol. The third kappa shape index (κ3) is 2.38. The van der Waals surface area contributed by atoms with Crippen LogP contribution in [0.3, 0.4) is 0 Å². The molecular formula is C15H9ClFNO2. The molecule has 1 amide bonds. The molecule has 0 aliphatic carbocycles. The molecule has 0 atom stereocenters. The Morgan fingerprint density at radius 1 is 1.15 bits per heavy atom. The monoisotopic (exact) mass is 289 g/mol. The van der Waals surface area contributed by atoms with Crippen LogP contribution in [0.2, 0.25) is 5.02 Å². The van der Waals surface area contributed by atoms with Gasteiger partial charge in [-0.3, -0.25) is 4.79 Å². The van der Waals surface area contributed by atoms with E-state index in [1.165, 1.54) is 12.1 Å². The molecule has 1 heterocycles. The van der Waals surface area contributed by atoms with E-state index in [0.717, 1.165) is 11.5 Å². The van der Waals surface area contributed by atoms with E-state index in [1.807, 2.05) is 18.2 Å². The fraction of sp³-hybridized carbons (Fsp3) is 0. The van der Waals surface area contributed by atoms with Gasteiger partial charge in [-0.05, 0) is 30.3 Å². The number of amides is 1. The Balaban J connectivity index is 1.89. The second-order valence-corrected chi connectivity index (χ2v) is 4.63. The lowest BCUT2D eigenvalue weighted by Gasteiger charge is -2.05. The smallest absolute Gasteiger partial charge is 0.291 e. The van der Waals surface area contributed by atoms with Crippen molar-refractivity contribution in [3.63, 3.8) is 0 Å². The summed E-state index contributed by atoms with van der Waals surface area (Å²) in [7, 11) is 0. The number of fused-ring (bicyclic) bond motifs is 1. The van der Waals surface area contributed by atoms with Gasteiger partial charge in [0.15, 0.2) is 5.76 Å². The van der Waals surface area contributed by atoms with Gasteiger partial charge in [0.1, 0.15) is 11.4 Å². The first-order chi connectivity index (χ1) is 9.63. The zero-order valence-electron chi connectivity index (χ0n) is 10.2. The van der Waals surface area contributed by atoms with Crippen LogP contribution in [-0.2, 0) is 0 Å². The quantitative estimate of drug-likeness (QED) is 0.756. The highest BCUT2D eigenvalue weighted by molar-refractivity contribution is 6.33. The molecule has 1 aromatic heterocycles. The van der Waals surface area contributed by atoms with Crippen LogP contribution in [0.15, 0.2) is 52.9 Å². The van der Waals surface area contributed by atoms with Gasteiger partial charge in [0.2, 0.25) is 0 Å². The number of hydrogen-bond acceptors (Lipinski definition) is 2. The molecular weight excluding hydrogens is 281 g/mol. The van der Waals surface area contributed by atoms with Crippen LogP contribution in [0.25, 0.3) is 11.0 Å². The van der Waals surface area contributed by atoms with Gasteiger partial charge in [0.25, 0.3) is 5.91 Å². The van der Waals surface area contributed by atoms with E-state index >= 15 is 0 Å². The van der Waals surface area contributed by atoms with Gasteiger partial charge in [-0.2, -0.15) is 0 Å². The van der Waals surface area contributed by atoms with Crippen molar-refractivity contribution in [3.8, 4) is 0 Å². The maximum Gasteiger partial charge on any atom is 0.291 e. The number of halogens is 2. The van der Waals surface area contributed by atoms with Crippen molar-refractivity contribution >= 4 is 34.2 Å². The van der Waals surface area contributed by atoms with E-state index < -0.39 is 11.7 Å². The first-order valence-electron chi connectivity index (χ1n) is 5.88. The zero-order valence-corrected chi connectivity index (χ0v) is 10.9. The summed E-state index contributed by atoms with van der Waals surface area (Å²) in [6.07, 6.45) is 0. The summed E-state index contributed by atoms with van der Waals surface area (Å²) in [5, 5.41) is 3.55. The van der Waals surface area contributed by atoms with Crippen molar-refractivity contribution < 1.29 is 13.6 Å². The van der Waals surface area contributed by atoms with Crippen LogP contribution >= 0.6 is 11.6 Å². The molecule has 20 heavy (non-hydrogen) atoms. The van der Waals surface area contributed by atoms with E-state index in [-0.39, 0.29) is 10.8 Å². The number of benzene rings is 2. The molecule has 0 saturated carbocycles. The summed E-state index contributed by atoms with van der Waals surface area (Å²) < 4.78 is 18.4. The normalized spacial score (nSPS) is 10.7. The number of nitrogens with one attached hydrogen (secondary N) is 1. The molecule has 0 saturated heterocycles. The zero-order chi connectivity index (χ0) is 14.1. The number of para-hydroxylation sites is 1. The summed E-state index contributed by atoms with van der Waals surface area (Å²) >= 11 is 5.85. The molecule has 3 rings (SSSR count).